The maximum absolute atomic E-state index is 11.6. The molecule has 14 nitrogen and oxygen atoms in total. The molecule has 1 amide bonds. The minimum Gasteiger partial charge on any atom is -0.505 e. The molecule has 1 aromatic heterocycles. The minimum atomic E-state index is -0.111. The Morgan fingerprint density at radius 3 is 1.13 bits per heavy atom. The maximum atomic E-state index is 11.6. The highest BCUT2D eigenvalue weighted by molar-refractivity contribution is 8.13. The second-order valence-corrected chi connectivity index (χ2v) is 26.5. The van der Waals surface area contributed by atoms with Gasteiger partial charge in [-0.15, -0.1) is 22.8 Å². The Bertz CT molecular complexity index is 2960. The average molecular weight is 1580 g/mol. The number of thiocarbonyl (C=S) groups is 2. The molecule has 0 aliphatic heterocycles. The number of nitrogens with zero attached hydrogens (tertiary/aromatic N) is 5. The molecule has 0 fully saturated rings. The summed E-state index contributed by atoms with van der Waals surface area (Å²) in [5.74, 6) is 0.540. The number of thioether (sulfide) groups is 1. The maximum Gasteiger partial charge on any atom is 0.286 e. The van der Waals surface area contributed by atoms with Gasteiger partial charge in [0, 0.05) is 81.7 Å². The number of phenolic OH excluding ortho intramolecular Hbond substituents is 2. The largest absolute Gasteiger partial charge is 0.505 e. The van der Waals surface area contributed by atoms with Crippen molar-refractivity contribution in [2.75, 3.05) is 96.6 Å². The smallest absolute Gasteiger partial charge is 0.286 e. The number of aliphatic hydroxyl groups excluding tert-OH is 2. The van der Waals surface area contributed by atoms with Crippen molar-refractivity contribution in [1.82, 2.24) is 24.9 Å². The fourth-order valence-corrected chi connectivity index (χ4v) is 10.4. The van der Waals surface area contributed by atoms with E-state index in [4.69, 9.17) is 192 Å². The van der Waals surface area contributed by atoms with Crippen LogP contribution in [0.1, 0.15) is 53.1 Å². The molecule has 0 unspecified atom stereocenters. The van der Waals surface area contributed by atoms with Crippen LogP contribution in [0.3, 0.4) is 0 Å². The summed E-state index contributed by atoms with van der Waals surface area (Å²) >= 11 is 90.3. The Kier molecular flexibility index (Phi) is 46.9. The van der Waals surface area contributed by atoms with Gasteiger partial charge in [-0.2, -0.15) is 0 Å². The lowest BCUT2D eigenvalue weighted by Gasteiger charge is -2.16. The number of halogens is 13. The van der Waals surface area contributed by atoms with Crippen molar-refractivity contribution in [2.24, 2.45) is 0 Å². The molecule has 0 atom stereocenters. The van der Waals surface area contributed by atoms with Crippen LogP contribution < -0.4 is 4.74 Å². The summed E-state index contributed by atoms with van der Waals surface area (Å²) in [4.78, 5) is 17.6. The van der Waals surface area contributed by atoms with Gasteiger partial charge in [0.25, 0.3) is 10.4 Å². The summed E-state index contributed by atoms with van der Waals surface area (Å²) in [5, 5.41) is 47.9. The SMILES string of the molecule is CC(C)c1cc(Cl)nnc1Cl.CN(C)C(=S)Cl.COCCc1cc(Cl)c(O)c(Cl)c1.COCCc1cc(Cl)c(OC(=S)N(C)C)c(Cl)c1.COCCc1cc(Cl)c(SC(=O)N(C)C)c(Cl)c1.OCCc1cc(Cl)c(O)c(Cl)c1.OCCc1cc(Cl)c(S)c(Cl)c1. The number of methoxy groups -OCH3 is 3. The Morgan fingerprint density at radius 2 is 0.844 bits per heavy atom. The summed E-state index contributed by atoms with van der Waals surface area (Å²) in [6.07, 6.45) is 3.26. The lowest BCUT2D eigenvalue weighted by Crippen LogP contribution is -2.25. The van der Waals surface area contributed by atoms with E-state index in [0.29, 0.717) is 104 Å². The van der Waals surface area contributed by atoms with Crippen LogP contribution in [0.4, 0.5) is 4.79 Å². The van der Waals surface area contributed by atoms with Crippen molar-refractivity contribution in [3.63, 3.8) is 0 Å². The van der Waals surface area contributed by atoms with Crippen LogP contribution in [-0.4, -0.2) is 157 Å². The first-order valence-corrected chi connectivity index (χ1v) is 33.1. The lowest BCUT2D eigenvalue weighted by molar-refractivity contribution is 0.202. The molecule has 0 aliphatic carbocycles. The molecule has 0 aliphatic rings. The van der Waals surface area contributed by atoms with E-state index in [1.807, 2.05) is 26.0 Å². The van der Waals surface area contributed by atoms with E-state index >= 15 is 0 Å². The van der Waals surface area contributed by atoms with Gasteiger partial charge < -0.3 is 54.1 Å². The van der Waals surface area contributed by atoms with Crippen LogP contribution in [-0.2, 0) is 46.3 Å². The van der Waals surface area contributed by atoms with Gasteiger partial charge in [-0.25, -0.2) is 0 Å². The molecule has 0 spiro atoms. The quantitative estimate of drug-likeness (QED) is 0.0204. The third kappa shape index (κ3) is 35.2. The number of aromatic nitrogens is 2. The minimum absolute atomic E-state index is 0.0391. The van der Waals surface area contributed by atoms with E-state index < -0.39 is 0 Å². The zero-order chi connectivity index (χ0) is 69.1. The number of carbonyl (C=O) groups is 1. The second-order valence-electron chi connectivity index (χ2n) is 18.9. The van der Waals surface area contributed by atoms with Gasteiger partial charge in [0.05, 0.1) is 74.9 Å². The van der Waals surface area contributed by atoms with Crippen LogP contribution >= 0.6 is 200 Å². The molecule has 6 rings (SSSR count). The summed E-state index contributed by atoms with van der Waals surface area (Å²) < 4.78 is 20.8. The van der Waals surface area contributed by atoms with E-state index in [2.05, 4.69) is 35.0 Å². The van der Waals surface area contributed by atoms with Crippen molar-refractivity contribution in [3.05, 3.63) is 161 Å². The standard InChI is InChI=1S/2C12H15Cl2NO2S.C9H10Cl2O2.C8H8Cl2O2.C8H8Cl2OS.C7H8Cl2N2.C3H6ClNS/c1-15(2)12(16)18-11-9(13)6-8(4-5-17-3)7-10(11)14;1-15(2)12(18)17-11-9(13)6-8(4-5-16-3)7-10(11)14;1-13-3-2-6-4-7(10)9(12)8(11)5-6;2*9-6-3-5(1-2-11)4-7(10)8(6)12;1-4(2)5-3-6(8)10-11-7(5)9;1-5(2)3(4)6/h2*6-7H,4-5H2,1-3H3;4-5,12H,2-3H2,1H3;2*3-4,11-12H,1-2H2;3-4H,1-2H3;1-2H3. The van der Waals surface area contributed by atoms with Gasteiger partial charge in [0.1, 0.15) is 0 Å². The summed E-state index contributed by atoms with van der Waals surface area (Å²) in [7, 11) is 15.5. The number of rotatable bonds is 16. The molecule has 0 radical (unpaired) electrons. The third-order valence-electron chi connectivity index (χ3n) is 10.8. The van der Waals surface area contributed by atoms with E-state index in [1.165, 1.54) is 4.90 Å². The lowest BCUT2D eigenvalue weighted by atomic mass is 10.1. The molecule has 5 aromatic carbocycles. The highest BCUT2D eigenvalue weighted by Crippen LogP contribution is 2.38. The van der Waals surface area contributed by atoms with E-state index in [1.54, 1.807) is 128 Å². The van der Waals surface area contributed by atoms with Crippen LogP contribution in [0.15, 0.2) is 76.5 Å². The molecule has 500 valence electrons. The highest BCUT2D eigenvalue weighted by atomic mass is 35.5. The van der Waals surface area contributed by atoms with Crippen molar-refractivity contribution >= 4 is 215 Å². The number of aliphatic hydroxyl groups is 2. The van der Waals surface area contributed by atoms with Gasteiger partial charge in [-0.05, 0) is 174 Å². The van der Waals surface area contributed by atoms with Crippen molar-refractivity contribution in [2.45, 2.75) is 61.7 Å². The Labute approximate surface area is 613 Å². The second kappa shape index (κ2) is 47.9. The van der Waals surface area contributed by atoms with Crippen LogP contribution in [0.2, 0.25) is 60.5 Å². The van der Waals surface area contributed by atoms with Crippen molar-refractivity contribution < 1.29 is 44.2 Å². The first kappa shape index (κ1) is 88.1. The number of aromatic hydroxyl groups is 2. The van der Waals surface area contributed by atoms with Gasteiger partial charge >= 0.3 is 0 Å². The van der Waals surface area contributed by atoms with E-state index in [9.17, 15) is 15.0 Å². The van der Waals surface area contributed by atoms with Gasteiger partial charge in [-0.1, -0.05) is 165 Å². The first-order valence-electron chi connectivity index (χ1n) is 26.1. The van der Waals surface area contributed by atoms with Crippen LogP contribution in [0, 0.1) is 0 Å². The molecule has 90 heavy (non-hydrogen) atoms. The number of phenols is 2. The van der Waals surface area contributed by atoms with E-state index in [-0.39, 0.29) is 50.0 Å². The number of hydrogen-bond acceptors (Lipinski definition) is 15. The summed E-state index contributed by atoms with van der Waals surface area (Å²) in [5.41, 5.74) is 5.61. The molecular formula is C59H70Cl13N5O9S4. The number of amides is 1. The number of carbonyl (C=O) groups excluding carboxylic acids is 1. The number of benzene rings is 5. The monoisotopic (exact) mass is 1580 g/mol. The number of hydrogen-bond donors (Lipinski definition) is 5. The zero-order valence-corrected chi connectivity index (χ0v) is 63.8. The molecule has 6 aromatic rings. The van der Waals surface area contributed by atoms with Gasteiger partial charge in [0.15, 0.2) is 32.0 Å². The van der Waals surface area contributed by atoms with Crippen LogP contribution in [0.25, 0.3) is 0 Å². The normalized spacial score (nSPS) is 10.2. The molecule has 1 heterocycles. The third-order valence-corrected chi connectivity index (χ3v) is 17.5. The molecule has 31 heteroatoms. The van der Waals surface area contributed by atoms with Crippen molar-refractivity contribution in [1.29, 1.82) is 0 Å². The topological polar surface area (TPSA) is 170 Å². The summed E-state index contributed by atoms with van der Waals surface area (Å²) in [6, 6.07) is 19.0. The number of ether oxygens (including phenoxy) is 4. The fraction of sp³-hybridized carbons (Fsp3) is 0.373. The Hall–Kier alpha value is -1.90. The zero-order valence-electron chi connectivity index (χ0n) is 50.7. The van der Waals surface area contributed by atoms with Gasteiger partial charge in [0.2, 0.25) is 0 Å². The van der Waals surface area contributed by atoms with Crippen LogP contribution in [0.5, 0.6) is 17.2 Å². The fourth-order valence-electron chi connectivity index (χ4n) is 6.04. The Balaban J connectivity index is 0.00000105. The predicted octanol–water partition coefficient (Wildman–Crippen LogP) is 19.3. The van der Waals surface area contributed by atoms with E-state index in [0.717, 1.165) is 64.4 Å². The molecule has 4 N–H and O–H groups in total. The van der Waals surface area contributed by atoms with Gasteiger partial charge in [-0.3, -0.25) is 4.79 Å². The Morgan fingerprint density at radius 1 is 0.522 bits per heavy atom. The first-order chi connectivity index (χ1) is 42.1. The molecular weight excluding hydrogens is 1510 g/mol. The molecule has 0 saturated carbocycles. The number of thiol groups is 1. The van der Waals surface area contributed by atoms with Crippen molar-refractivity contribution in [3.8, 4) is 17.2 Å². The summed E-state index contributed by atoms with van der Waals surface area (Å²) in [6.45, 7) is 6.02. The predicted molar refractivity (Wildman–Crippen MR) is 391 cm³/mol. The highest BCUT2D eigenvalue weighted by Gasteiger charge is 2.16. The average Bonchev–Trinajstić information content (AvgIpc) is 1.35. The molecule has 0 saturated heterocycles. The molecule has 0 bridgehead atoms.